The van der Waals surface area contributed by atoms with E-state index in [2.05, 4.69) is 14.5 Å². The van der Waals surface area contributed by atoms with Gasteiger partial charge in [0, 0.05) is 24.4 Å². The first-order valence-corrected chi connectivity index (χ1v) is 5.93. The molecule has 1 rings (SSSR count). The van der Waals surface area contributed by atoms with Crippen LogP contribution in [0.2, 0.25) is 0 Å². The quantitative estimate of drug-likeness (QED) is 0.526. The Morgan fingerprint density at radius 2 is 2.44 bits per heavy atom. The summed E-state index contributed by atoms with van der Waals surface area (Å²) in [5.74, 6) is 0. The third kappa shape index (κ3) is 3.74. The third-order valence-corrected chi connectivity index (χ3v) is 2.72. The smallest absolute Gasteiger partial charge is 0.435 e. The van der Waals surface area contributed by atoms with E-state index in [0.717, 1.165) is 5.69 Å². The average Bonchev–Trinajstić information content (AvgIpc) is 2.67. The Hall–Kier alpha value is -1.21. The van der Waals surface area contributed by atoms with Crippen LogP contribution in [0.1, 0.15) is 5.69 Å². The molecule has 0 bridgehead atoms. The minimum absolute atomic E-state index is 0.320. The number of H-pyrrole nitrogens is 1. The zero-order chi connectivity index (χ0) is 12.2. The summed E-state index contributed by atoms with van der Waals surface area (Å²) in [6.45, 7) is -0.320. The highest BCUT2D eigenvalue weighted by molar-refractivity contribution is 7.70. The van der Waals surface area contributed by atoms with E-state index in [9.17, 15) is 9.36 Å². The molecule has 8 nitrogen and oxygen atoms in total. The van der Waals surface area contributed by atoms with Gasteiger partial charge in [-0.3, -0.25) is 4.52 Å². The predicted molar refractivity (Wildman–Crippen MR) is 54.1 cm³/mol. The van der Waals surface area contributed by atoms with Crippen molar-refractivity contribution in [2.24, 2.45) is 5.73 Å². The van der Waals surface area contributed by atoms with Crippen molar-refractivity contribution >= 4 is 13.3 Å². The van der Waals surface area contributed by atoms with Gasteiger partial charge in [0.2, 0.25) is 0 Å². The monoisotopic (exact) mass is 249 g/mol. The summed E-state index contributed by atoms with van der Waals surface area (Å²) in [5.41, 5.74) is 4.42. The second-order valence-corrected chi connectivity index (χ2v) is 4.82. The van der Waals surface area contributed by atoms with Crippen LogP contribution in [-0.2, 0) is 15.5 Å². The number of carbonyl (C=O) groups is 1. The number of hydrogen-bond acceptors (Lipinski definition) is 5. The molecule has 90 valence electrons. The summed E-state index contributed by atoms with van der Waals surface area (Å²) in [7, 11) is -4.60. The van der Waals surface area contributed by atoms with Crippen LogP contribution in [0.15, 0.2) is 12.5 Å². The second kappa shape index (κ2) is 5.22. The fourth-order valence-corrected chi connectivity index (χ4v) is 1.49. The number of imidazole rings is 1. The molecule has 0 aliphatic rings. The lowest BCUT2D eigenvalue weighted by Gasteiger charge is -2.12. The highest BCUT2D eigenvalue weighted by Crippen LogP contribution is 2.42. The maximum Gasteiger partial charge on any atom is 0.435 e. The van der Waals surface area contributed by atoms with E-state index >= 15 is 0 Å². The van der Waals surface area contributed by atoms with E-state index in [-0.39, 0.29) is 6.61 Å². The van der Waals surface area contributed by atoms with Gasteiger partial charge in [-0.25, -0.2) is 14.3 Å². The van der Waals surface area contributed by atoms with Gasteiger partial charge in [-0.2, -0.15) is 0 Å². The van der Waals surface area contributed by atoms with Crippen molar-refractivity contribution in [3.05, 3.63) is 18.2 Å². The van der Waals surface area contributed by atoms with Crippen LogP contribution in [0.5, 0.6) is 0 Å². The summed E-state index contributed by atoms with van der Waals surface area (Å²) >= 11 is 0. The summed E-state index contributed by atoms with van der Waals surface area (Å²) in [6.07, 6.45) is 3.37. The van der Waals surface area contributed by atoms with Crippen LogP contribution in [-0.4, -0.2) is 38.3 Å². The molecule has 1 heterocycles. The van der Waals surface area contributed by atoms with Gasteiger partial charge in [0.1, 0.15) is 0 Å². The van der Waals surface area contributed by atoms with Gasteiger partial charge in [-0.1, -0.05) is 0 Å². The van der Waals surface area contributed by atoms with Crippen molar-refractivity contribution < 1.29 is 23.9 Å². The fraction of sp³-hybridized carbons (Fsp3) is 0.429. The van der Waals surface area contributed by atoms with Gasteiger partial charge >= 0.3 is 13.3 Å². The standard InChI is InChI=1S/C7H12N3O5P/c8-5(1-6-2-9-4-10-6)3-15-16(13,14)7(11)12/h2,4-5H,1,3,8H2,(H,9,10)(H,11,12)(H,13,14)/t5-/m0/s1. The molecule has 0 saturated heterocycles. The predicted octanol–water partition coefficient (Wildman–Crippen LogP) is 0.160. The van der Waals surface area contributed by atoms with Crippen molar-refractivity contribution in [3.63, 3.8) is 0 Å². The molecule has 5 N–H and O–H groups in total. The van der Waals surface area contributed by atoms with Gasteiger partial charge in [0.05, 0.1) is 12.9 Å². The molecule has 0 fully saturated rings. The second-order valence-electron chi connectivity index (χ2n) is 3.14. The zero-order valence-corrected chi connectivity index (χ0v) is 9.13. The normalized spacial score (nSPS) is 16.6. The highest BCUT2D eigenvalue weighted by atomic mass is 31.2. The molecule has 0 spiro atoms. The summed E-state index contributed by atoms with van der Waals surface area (Å²) in [5, 5.41) is 8.32. The van der Waals surface area contributed by atoms with E-state index < -0.39 is 19.3 Å². The lowest BCUT2D eigenvalue weighted by molar-refractivity contribution is 0.192. The van der Waals surface area contributed by atoms with Crippen LogP contribution in [0.3, 0.4) is 0 Å². The molecular weight excluding hydrogens is 237 g/mol. The molecular formula is C7H12N3O5P. The SMILES string of the molecule is N[C@H](COP(=O)(O)C(=O)O)Cc1cnc[nH]1. The fourth-order valence-electron chi connectivity index (χ4n) is 0.990. The highest BCUT2D eigenvalue weighted by Gasteiger charge is 2.30. The molecule has 1 unspecified atom stereocenters. The van der Waals surface area contributed by atoms with Crippen molar-refractivity contribution in [3.8, 4) is 0 Å². The minimum Gasteiger partial charge on any atom is -0.472 e. The molecule has 16 heavy (non-hydrogen) atoms. The Balaban J connectivity index is 2.39. The largest absolute Gasteiger partial charge is 0.472 e. The van der Waals surface area contributed by atoms with Crippen LogP contribution >= 0.6 is 7.60 Å². The van der Waals surface area contributed by atoms with Crippen molar-refractivity contribution in [1.82, 2.24) is 9.97 Å². The first kappa shape index (κ1) is 12.9. The summed E-state index contributed by atoms with van der Waals surface area (Å²) in [6, 6.07) is -0.583. The molecule has 9 heteroatoms. The summed E-state index contributed by atoms with van der Waals surface area (Å²) in [4.78, 5) is 25.6. The third-order valence-electron chi connectivity index (χ3n) is 1.74. The number of nitrogens with two attached hydrogens (primary N) is 1. The van der Waals surface area contributed by atoms with Crippen LogP contribution < -0.4 is 5.73 Å². The molecule has 0 aliphatic heterocycles. The van der Waals surface area contributed by atoms with E-state index in [1.807, 2.05) is 0 Å². The number of nitrogens with one attached hydrogen (secondary N) is 1. The Bertz CT molecular complexity index is 393. The summed E-state index contributed by atoms with van der Waals surface area (Å²) < 4.78 is 15.2. The molecule has 1 aromatic rings. The lowest BCUT2D eigenvalue weighted by atomic mass is 10.2. The van der Waals surface area contributed by atoms with Crippen LogP contribution in [0, 0.1) is 0 Å². The molecule has 0 radical (unpaired) electrons. The molecule has 0 amide bonds. The first-order chi connectivity index (χ1) is 7.42. The van der Waals surface area contributed by atoms with Gasteiger partial charge in [-0.05, 0) is 0 Å². The first-order valence-electron chi connectivity index (χ1n) is 4.35. The van der Waals surface area contributed by atoms with Crippen LogP contribution in [0.25, 0.3) is 0 Å². The van der Waals surface area contributed by atoms with Gasteiger partial charge < -0.3 is 20.7 Å². The molecule has 1 aromatic heterocycles. The number of aromatic amines is 1. The van der Waals surface area contributed by atoms with Gasteiger partial charge in [-0.15, -0.1) is 0 Å². The molecule has 0 aliphatic carbocycles. The average molecular weight is 249 g/mol. The van der Waals surface area contributed by atoms with Crippen LogP contribution in [0.4, 0.5) is 4.79 Å². The zero-order valence-electron chi connectivity index (χ0n) is 8.24. The molecule has 0 aromatic carbocycles. The number of rotatable bonds is 6. The van der Waals surface area contributed by atoms with E-state index in [0.29, 0.717) is 6.42 Å². The molecule has 2 atom stereocenters. The van der Waals surface area contributed by atoms with Crippen molar-refractivity contribution in [2.45, 2.75) is 12.5 Å². The Morgan fingerprint density at radius 1 is 1.75 bits per heavy atom. The van der Waals surface area contributed by atoms with E-state index in [1.165, 1.54) is 6.33 Å². The number of carboxylic acid groups (broad SMARTS) is 1. The Kier molecular flexibility index (Phi) is 4.19. The number of aromatic nitrogens is 2. The van der Waals surface area contributed by atoms with E-state index in [1.54, 1.807) is 6.20 Å². The van der Waals surface area contributed by atoms with E-state index in [4.69, 9.17) is 15.7 Å². The van der Waals surface area contributed by atoms with Gasteiger partial charge in [0.25, 0.3) is 0 Å². The number of hydrogen-bond donors (Lipinski definition) is 4. The maximum absolute atomic E-state index is 10.9. The Labute approximate surface area is 91.0 Å². The molecule has 0 saturated carbocycles. The van der Waals surface area contributed by atoms with Crippen molar-refractivity contribution in [2.75, 3.05) is 6.61 Å². The lowest BCUT2D eigenvalue weighted by Crippen LogP contribution is -2.28. The topological polar surface area (TPSA) is 139 Å². The van der Waals surface area contributed by atoms with Crippen molar-refractivity contribution in [1.29, 1.82) is 0 Å². The Morgan fingerprint density at radius 3 is 2.94 bits per heavy atom. The maximum atomic E-state index is 10.9. The number of nitrogens with zero attached hydrogens (tertiary/aromatic N) is 1. The van der Waals surface area contributed by atoms with Gasteiger partial charge in [0.15, 0.2) is 0 Å². The minimum atomic E-state index is -4.60.